The fourth-order valence-electron chi connectivity index (χ4n) is 4.38. The second-order valence-electron chi connectivity index (χ2n) is 8.13. The van der Waals surface area contributed by atoms with Crippen molar-refractivity contribution < 1.29 is 19.2 Å². The number of piperazine rings is 1. The van der Waals surface area contributed by atoms with Crippen LogP contribution in [0.5, 0.6) is 0 Å². The number of hydrogen-bond acceptors (Lipinski definition) is 7. The highest BCUT2D eigenvalue weighted by Gasteiger charge is 2.36. The third kappa shape index (κ3) is 3.95. The zero-order valence-electron chi connectivity index (χ0n) is 17.1. The van der Waals surface area contributed by atoms with Crippen LogP contribution >= 0.6 is 0 Å². The van der Waals surface area contributed by atoms with E-state index in [1.54, 1.807) is 6.07 Å². The molecule has 4 amide bonds. The Morgan fingerprint density at radius 1 is 1.20 bits per heavy atom. The van der Waals surface area contributed by atoms with Gasteiger partial charge < -0.3 is 10.2 Å². The van der Waals surface area contributed by atoms with Gasteiger partial charge in [0.25, 0.3) is 5.91 Å². The van der Waals surface area contributed by atoms with Gasteiger partial charge in [-0.3, -0.25) is 34.3 Å². The monoisotopic (exact) mass is 413 g/mol. The number of amides is 4. The molecule has 0 spiro atoms. The molecule has 3 aliphatic heterocycles. The van der Waals surface area contributed by atoms with E-state index in [9.17, 15) is 19.2 Å². The molecule has 3 heterocycles. The number of benzene rings is 1. The molecule has 160 valence electrons. The fourth-order valence-corrected chi connectivity index (χ4v) is 4.38. The van der Waals surface area contributed by atoms with E-state index in [0.717, 1.165) is 55.4 Å². The smallest absolute Gasteiger partial charge is 0.261 e. The maximum absolute atomic E-state index is 12.9. The van der Waals surface area contributed by atoms with Gasteiger partial charge in [-0.1, -0.05) is 0 Å². The number of carbonyl (C=O) groups excluding carboxylic acids is 4. The van der Waals surface area contributed by atoms with E-state index in [4.69, 9.17) is 0 Å². The molecule has 0 bridgehead atoms. The molecule has 3 saturated heterocycles. The van der Waals surface area contributed by atoms with E-state index in [-0.39, 0.29) is 18.7 Å². The van der Waals surface area contributed by atoms with Crippen LogP contribution in [0.15, 0.2) is 18.2 Å². The third-order valence-electron chi connectivity index (χ3n) is 6.23. The Kier molecular flexibility index (Phi) is 5.83. The van der Waals surface area contributed by atoms with Gasteiger partial charge in [-0.2, -0.15) is 0 Å². The summed E-state index contributed by atoms with van der Waals surface area (Å²) < 4.78 is 0. The molecule has 0 saturated carbocycles. The molecule has 1 aromatic rings. The van der Waals surface area contributed by atoms with Crippen molar-refractivity contribution in [3.05, 3.63) is 29.3 Å². The Morgan fingerprint density at radius 3 is 2.57 bits per heavy atom. The molecule has 9 nitrogen and oxygen atoms in total. The minimum atomic E-state index is -0.957. The van der Waals surface area contributed by atoms with E-state index in [2.05, 4.69) is 20.4 Å². The molecule has 9 heteroatoms. The number of imide groups is 2. The molecule has 1 atom stereocenters. The van der Waals surface area contributed by atoms with Gasteiger partial charge >= 0.3 is 0 Å². The van der Waals surface area contributed by atoms with Crippen molar-refractivity contribution in [2.24, 2.45) is 0 Å². The molecule has 3 fully saturated rings. The molecule has 0 aliphatic carbocycles. The fraction of sp³-hybridized carbons (Fsp3) is 0.524. The van der Waals surface area contributed by atoms with Crippen molar-refractivity contribution in [1.29, 1.82) is 0 Å². The van der Waals surface area contributed by atoms with Crippen LogP contribution in [0.25, 0.3) is 0 Å². The van der Waals surface area contributed by atoms with Crippen LogP contribution in [0.3, 0.4) is 0 Å². The van der Waals surface area contributed by atoms with Gasteiger partial charge in [-0.25, -0.2) is 0 Å². The lowest BCUT2D eigenvalue weighted by atomic mass is 10.00. The first-order chi connectivity index (χ1) is 14.5. The molecular formula is C21H27N5O4. The Hall–Kier alpha value is -2.78. The molecule has 2 N–H and O–H groups in total. The number of carbonyl (C=O) groups is 4. The van der Waals surface area contributed by atoms with Crippen molar-refractivity contribution in [2.45, 2.75) is 31.8 Å². The predicted octanol–water partition coefficient (Wildman–Crippen LogP) is -0.507. The van der Waals surface area contributed by atoms with E-state index in [0.29, 0.717) is 18.0 Å². The number of rotatable bonds is 5. The number of anilines is 1. The summed E-state index contributed by atoms with van der Waals surface area (Å²) >= 11 is 0. The van der Waals surface area contributed by atoms with Crippen molar-refractivity contribution in [3.63, 3.8) is 0 Å². The SMILES string of the molecule is Cc1cc(N2CC(N3CCNCC3)C2)ccc1C(=O)N(C=O)C1CCC(=O)NC1=O. The number of nitrogens with one attached hydrogen (secondary N) is 2. The number of nitrogens with zero attached hydrogens (tertiary/aromatic N) is 3. The zero-order valence-corrected chi connectivity index (χ0v) is 17.1. The van der Waals surface area contributed by atoms with Gasteiger partial charge in [-0.05, 0) is 37.1 Å². The summed E-state index contributed by atoms with van der Waals surface area (Å²) in [5.74, 6) is -1.52. The summed E-state index contributed by atoms with van der Waals surface area (Å²) in [5.41, 5.74) is 2.19. The maximum atomic E-state index is 12.9. The minimum Gasteiger partial charge on any atom is -0.368 e. The standard InChI is InChI=1S/C21H27N5O4/c1-14-10-15(25-11-16(12-25)24-8-6-22-7-9-24)2-3-17(14)21(30)26(13-27)18-4-5-19(28)23-20(18)29/h2-3,10,13,16,18,22H,4-9,11-12H2,1H3,(H,23,28,29). The number of aryl methyl sites for hydroxylation is 1. The molecule has 0 aromatic heterocycles. The summed E-state index contributed by atoms with van der Waals surface area (Å²) in [5, 5.41) is 5.56. The molecular weight excluding hydrogens is 386 g/mol. The van der Waals surface area contributed by atoms with E-state index in [1.165, 1.54) is 0 Å². The molecule has 1 aromatic carbocycles. The Labute approximate surface area is 175 Å². The largest absolute Gasteiger partial charge is 0.368 e. The highest BCUT2D eigenvalue weighted by Crippen LogP contribution is 2.27. The summed E-state index contributed by atoms with van der Waals surface area (Å²) in [6, 6.07) is 5.16. The van der Waals surface area contributed by atoms with Crippen molar-refractivity contribution in [3.8, 4) is 0 Å². The van der Waals surface area contributed by atoms with Gasteiger partial charge in [0.15, 0.2) is 0 Å². The van der Waals surface area contributed by atoms with Gasteiger partial charge in [0.05, 0.1) is 0 Å². The topological polar surface area (TPSA) is 102 Å². The highest BCUT2D eigenvalue weighted by molar-refractivity contribution is 6.07. The second-order valence-corrected chi connectivity index (χ2v) is 8.13. The zero-order chi connectivity index (χ0) is 21.3. The van der Waals surface area contributed by atoms with Crippen LogP contribution < -0.4 is 15.5 Å². The highest BCUT2D eigenvalue weighted by atomic mass is 16.2. The Morgan fingerprint density at radius 2 is 1.93 bits per heavy atom. The first-order valence-electron chi connectivity index (χ1n) is 10.4. The first kappa shape index (κ1) is 20.5. The van der Waals surface area contributed by atoms with Gasteiger partial charge in [-0.15, -0.1) is 0 Å². The van der Waals surface area contributed by atoms with Crippen LogP contribution in [-0.2, 0) is 14.4 Å². The average Bonchev–Trinajstić information content (AvgIpc) is 2.70. The van der Waals surface area contributed by atoms with Crippen molar-refractivity contribution in [2.75, 3.05) is 44.2 Å². The second kappa shape index (κ2) is 8.53. The average molecular weight is 413 g/mol. The molecule has 0 radical (unpaired) electrons. The lowest BCUT2D eigenvalue weighted by Crippen LogP contribution is -2.62. The molecule has 30 heavy (non-hydrogen) atoms. The van der Waals surface area contributed by atoms with Crippen molar-refractivity contribution >= 4 is 29.8 Å². The van der Waals surface area contributed by atoms with Crippen LogP contribution in [0.2, 0.25) is 0 Å². The summed E-state index contributed by atoms with van der Waals surface area (Å²) in [4.78, 5) is 53.7. The Bertz CT molecular complexity index is 861. The molecule has 1 unspecified atom stereocenters. The van der Waals surface area contributed by atoms with E-state index < -0.39 is 17.9 Å². The van der Waals surface area contributed by atoms with Crippen LogP contribution in [0, 0.1) is 6.92 Å². The third-order valence-corrected chi connectivity index (χ3v) is 6.23. The van der Waals surface area contributed by atoms with Crippen LogP contribution in [0.1, 0.15) is 28.8 Å². The van der Waals surface area contributed by atoms with Crippen LogP contribution in [0.4, 0.5) is 5.69 Å². The maximum Gasteiger partial charge on any atom is 0.261 e. The number of piperidine rings is 1. The van der Waals surface area contributed by atoms with Gasteiger partial charge in [0.1, 0.15) is 6.04 Å². The number of hydrogen-bond donors (Lipinski definition) is 2. The summed E-state index contributed by atoms with van der Waals surface area (Å²) in [7, 11) is 0. The van der Waals surface area contributed by atoms with E-state index >= 15 is 0 Å². The first-order valence-corrected chi connectivity index (χ1v) is 10.4. The van der Waals surface area contributed by atoms with Gasteiger partial charge in [0, 0.05) is 63.0 Å². The molecule has 4 rings (SSSR count). The lowest BCUT2D eigenvalue weighted by molar-refractivity contribution is -0.139. The minimum absolute atomic E-state index is 0.106. The van der Waals surface area contributed by atoms with Crippen molar-refractivity contribution in [1.82, 2.24) is 20.4 Å². The predicted molar refractivity (Wildman–Crippen MR) is 110 cm³/mol. The summed E-state index contributed by atoms with van der Waals surface area (Å²) in [6.45, 7) is 7.98. The molecule has 3 aliphatic rings. The normalized spacial score (nSPS) is 23.0. The van der Waals surface area contributed by atoms with E-state index in [1.807, 2.05) is 19.1 Å². The quantitative estimate of drug-likeness (QED) is 0.495. The van der Waals surface area contributed by atoms with Crippen LogP contribution in [-0.4, -0.2) is 85.3 Å². The lowest BCUT2D eigenvalue weighted by Gasteiger charge is -2.48. The Balaban J connectivity index is 1.42. The van der Waals surface area contributed by atoms with Gasteiger partial charge in [0.2, 0.25) is 18.2 Å². The summed E-state index contributed by atoms with van der Waals surface area (Å²) in [6.07, 6.45) is 0.631.